The Morgan fingerprint density at radius 2 is 2.22 bits per heavy atom. The zero-order chi connectivity index (χ0) is 15.5. The Bertz CT molecular complexity index is 674. The van der Waals surface area contributed by atoms with Crippen molar-refractivity contribution in [2.24, 2.45) is 0 Å². The summed E-state index contributed by atoms with van der Waals surface area (Å²) in [5.41, 5.74) is 1.34. The standard InChI is InChI=1S/C16H19N3O3.ClH/c1-11-9-13(18-22-11)16(20)19-8-7-17-10-14(19)12-5-3-4-6-15(12)21-2;/h3-6,9,14,17H,7-8,10H2,1-2H3;1H. The fourth-order valence-corrected chi connectivity index (χ4v) is 2.78. The first kappa shape index (κ1) is 17.3. The second-order valence-electron chi connectivity index (χ2n) is 5.28. The second kappa shape index (κ2) is 7.48. The molecule has 1 aromatic carbocycles. The summed E-state index contributed by atoms with van der Waals surface area (Å²) in [6.07, 6.45) is 0. The number of methoxy groups -OCH3 is 1. The molecule has 7 heteroatoms. The van der Waals surface area contributed by atoms with Gasteiger partial charge in [-0.3, -0.25) is 4.79 Å². The number of nitrogens with zero attached hydrogens (tertiary/aromatic N) is 2. The molecule has 0 bridgehead atoms. The quantitative estimate of drug-likeness (QED) is 0.930. The first-order valence-corrected chi connectivity index (χ1v) is 7.28. The largest absolute Gasteiger partial charge is 0.496 e. The van der Waals surface area contributed by atoms with Crippen molar-refractivity contribution in [3.63, 3.8) is 0 Å². The van der Waals surface area contributed by atoms with Crippen LogP contribution in [0.5, 0.6) is 5.75 Å². The van der Waals surface area contributed by atoms with Crippen molar-refractivity contribution in [2.75, 3.05) is 26.7 Å². The average Bonchev–Trinajstić information content (AvgIpc) is 3.00. The molecule has 124 valence electrons. The van der Waals surface area contributed by atoms with Gasteiger partial charge in [-0.1, -0.05) is 23.4 Å². The molecule has 1 fully saturated rings. The van der Waals surface area contributed by atoms with Gasteiger partial charge in [0.2, 0.25) is 0 Å². The van der Waals surface area contributed by atoms with E-state index in [0.717, 1.165) is 17.9 Å². The van der Waals surface area contributed by atoms with E-state index in [2.05, 4.69) is 10.5 Å². The number of para-hydroxylation sites is 1. The van der Waals surface area contributed by atoms with Gasteiger partial charge in [0.15, 0.2) is 5.69 Å². The van der Waals surface area contributed by atoms with Crippen LogP contribution in [0.2, 0.25) is 0 Å². The lowest BCUT2D eigenvalue weighted by atomic mass is 10.0. The van der Waals surface area contributed by atoms with Gasteiger partial charge in [0.1, 0.15) is 11.5 Å². The molecule has 1 aliphatic heterocycles. The van der Waals surface area contributed by atoms with E-state index in [4.69, 9.17) is 9.26 Å². The van der Waals surface area contributed by atoms with E-state index in [0.29, 0.717) is 24.5 Å². The summed E-state index contributed by atoms with van der Waals surface area (Å²) in [7, 11) is 1.64. The molecule has 1 aliphatic rings. The van der Waals surface area contributed by atoms with Crippen LogP contribution in [0, 0.1) is 6.92 Å². The van der Waals surface area contributed by atoms with E-state index in [1.807, 2.05) is 29.2 Å². The molecule has 2 heterocycles. The number of halogens is 1. The highest BCUT2D eigenvalue weighted by Gasteiger charge is 2.31. The van der Waals surface area contributed by atoms with Crippen molar-refractivity contribution >= 4 is 18.3 Å². The number of piperazine rings is 1. The minimum Gasteiger partial charge on any atom is -0.496 e. The van der Waals surface area contributed by atoms with Crippen molar-refractivity contribution < 1.29 is 14.1 Å². The minimum atomic E-state index is -0.116. The van der Waals surface area contributed by atoms with Crippen LogP contribution in [0.1, 0.15) is 27.9 Å². The summed E-state index contributed by atoms with van der Waals surface area (Å²) in [6, 6.07) is 9.36. The topological polar surface area (TPSA) is 67.6 Å². The maximum atomic E-state index is 12.7. The zero-order valence-corrected chi connectivity index (χ0v) is 13.9. The fraction of sp³-hybridized carbons (Fsp3) is 0.375. The number of carbonyl (C=O) groups is 1. The molecule has 0 radical (unpaired) electrons. The zero-order valence-electron chi connectivity index (χ0n) is 13.1. The first-order chi connectivity index (χ1) is 10.7. The number of rotatable bonds is 3. The Labute approximate surface area is 141 Å². The highest BCUT2D eigenvalue weighted by Crippen LogP contribution is 2.31. The van der Waals surface area contributed by atoms with Gasteiger partial charge in [-0.05, 0) is 13.0 Å². The minimum absolute atomic E-state index is 0. The summed E-state index contributed by atoms with van der Waals surface area (Å²) in [5, 5.41) is 7.18. The van der Waals surface area contributed by atoms with Crippen molar-refractivity contribution in [1.82, 2.24) is 15.4 Å². The van der Waals surface area contributed by atoms with E-state index in [9.17, 15) is 4.79 Å². The van der Waals surface area contributed by atoms with Gasteiger partial charge in [0.05, 0.1) is 13.2 Å². The van der Waals surface area contributed by atoms with Gasteiger partial charge in [0.25, 0.3) is 5.91 Å². The van der Waals surface area contributed by atoms with Crippen LogP contribution in [0.15, 0.2) is 34.9 Å². The molecule has 3 rings (SSSR count). The highest BCUT2D eigenvalue weighted by molar-refractivity contribution is 5.92. The Morgan fingerprint density at radius 1 is 1.43 bits per heavy atom. The molecule has 0 aliphatic carbocycles. The van der Waals surface area contributed by atoms with E-state index >= 15 is 0 Å². The monoisotopic (exact) mass is 337 g/mol. The Hall–Kier alpha value is -2.05. The van der Waals surface area contributed by atoms with Crippen LogP contribution >= 0.6 is 12.4 Å². The molecule has 6 nitrogen and oxygen atoms in total. The molecule has 1 N–H and O–H groups in total. The number of hydrogen-bond acceptors (Lipinski definition) is 5. The predicted molar refractivity (Wildman–Crippen MR) is 88.1 cm³/mol. The molecule has 1 saturated heterocycles. The van der Waals surface area contributed by atoms with Gasteiger partial charge in [-0.25, -0.2) is 0 Å². The lowest BCUT2D eigenvalue weighted by molar-refractivity contribution is 0.0621. The molecular formula is C16H20ClN3O3. The molecule has 1 atom stereocenters. The maximum absolute atomic E-state index is 12.7. The van der Waals surface area contributed by atoms with Crippen LogP contribution in [0.4, 0.5) is 0 Å². The molecule has 0 spiro atoms. The van der Waals surface area contributed by atoms with Crippen molar-refractivity contribution in [1.29, 1.82) is 0 Å². The maximum Gasteiger partial charge on any atom is 0.276 e. The number of benzene rings is 1. The van der Waals surface area contributed by atoms with Crippen LogP contribution < -0.4 is 10.1 Å². The third-order valence-corrected chi connectivity index (χ3v) is 3.85. The Morgan fingerprint density at radius 3 is 2.91 bits per heavy atom. The second-order valence-corrected chi connectivity index (χ2v) is 5.28. The summed E-state index contributed by atoms with van der Waals surface area (Å²) in [5.74, 6) is 1.30. The first-order valence-electron chi connectivity index (χ1n) is 7.28. The number of aromatic nitrogens is 1. The number of nitrogens with one attached hydrogen (secondary N) is 1. The summed E-state index contributed by atoms with van der Waals surface area (Å²) in [6.45, 7) is 3.84. The van der Waals surface area contributed by atoms with E-state index < -0.39 is 0 Å². The predicted octanol–water partition coefficient (Wildman–Crippen LogP) is 2.20. The molecule has 2 aromatic rings. The van der Waals surface area contributed by atoms with Crippen LogP contribution in [-0.2, 0) is 0 Å². The van der Waals surface area contributed by atoms with Crippen molar-refractivity contribution in [2.45, 2.75) is 13.0 Å². The van der Waals surface area contributed by atoms with Gasteiger partial charge in [-0.15, -0.1) is 12.4 Å². The van der Waals surface area contributed by atoms with E-state index in [1.165, 1.54) is 0 Å². The number of amides is 1. The average molecular weight is 338 g/mol. The molecule has 23 heavy (non-hydrogen) atoms. The van der Waals surface area contributed by atoms with Crippen LogP contribution in [0.3, 0.4) is 0 Å². The van der Waals surface area contributed by atoms with E-state index in [-0.39, 0.29) is 24.4 Å². The number of ether oxygens (including phenoxy) is 1. The third-order valence-electron chi connectivity index (χ3n) is 3.85. The normalized spacial score (nSPS) is 17.5. The highest BCUT2D eigenvalue weighted by atomic mass is 35.5. The van der Waals surface area contributed by atoms with Gasteiger partial charge in [-0.2, -0.15) is 0 Å². The lowest BCUT2D eigenvalue weighted by Crippen LogP contribution is -2.48. The number of aryl methyl sites for hydroxylation is 1. The summed E-state index contributed by atoms with van der Waals surface area (Å²) < 4.78 is 10.5. The van der Waals surface area contributed by atoms with Crippen LogP contribution in [0.25, 0.3) is 0 Å². The molecule has 0 saturated carbocycles. The summed E-state index contributed by atoms with van der Waals surface area (Å²) in [4.78, 5) is 14.6. The molecular weight excluding hydrogens is 318 g/mol. The lowest BCUT2D eigenvalue weighted by Gasteiger charge is -2.36. The van der Waals surface area contributed by atoms with Gasteiger partial charge < -0.3 is 19.5 Å². The van der Waals surface area contributed by atoms with Gasteiger partial charge in [0, 0.05) is 31.3 Å². The SMILES string of the molecule is COc1ccccc1C1CNCCN1C(=O)c1cc(C)on1.Cl. The third kappa shape index (κ3) is 3.48. The molecule has 1 unspecified atom stereocenters. The Balaban J connectivity index is 0.00000192. The van der Waals surface area contributed by atoms with Crippen LogP contribution in [-0.4, -0.2) is 42.7 Å². The number of hydrogen-bond donors (Lipinski definition) is 1. The van der Waals surface area contributed by atoms with E-state index in [1.54, 1.807) is 20.1 Å². The summed E-state index contributed by atoms with van der Waals surface area (Å²) >= 11 is 0. The fourth-order valence-electron chi connectivity index (χ4n) is 2.78. The Kier molecular flexibility index (Phi) is 5.63. The van der Waals surface area contributed by atoms with Crippen molar-refractivity contribution in [3.8, 4) is 5.75 Å². The van der Waals surface area contributed by atoms with Crippen molar-refractivity contribution in [3.05, 3.63) is 47.3 Å². The molecule has 1 aromatic heterocycles. The van der Waals surface area contributed by atoms with Gasteiger partial charge >= 0.3 is 0 Å². The smallest absolute Gasteiger partial charge is 0.276 e. The number of carbonyl (C=O) groups excluding carboxylic acids is 1. The molecule has 1 amide bonds.